The van der Waals surface area contributed by atoms with Gasteiger partial charge in [0, 0.05) is 12.5 Å². The lowest BCUT2D eigenvalue weighted by Crippen LogP contribution is -2.70. The first kappa shape index (κ1) is 18.9. The number of aryl methyl sites for hydroxylation is 2. The van der Waals surface area contributed by atoms with Gasteiger partial charge in [-0.2, -0.15) is 0 Å². The molecule has 0 spiro atoms. The van der Waals surface area contributed by atoms with Crippen LogP contribution in [-0.4, -0.2) is 41.8 Å². The molecule has 1 atom stereocenters. The Morgan fingerprint density at radius 3 is 2.28 bits per heavy atom. The number of carboxylic acid groups (broad SMARTS) is 1. The molecule has 1 fully saturated rings. The van der Waals surface area contributed by atoms with Crippen molar-refractivity contribution < 1.29 is 24.2 Å². The van der Waals surface area contributed by atoms with Gasteiger partial charge in [-0.05, 0) is 36.8 Å². The van der Waals surface area contributed by atoms with Crippen LogP contribution in [-0.2, 0) is 32.0 Å². The number of aliphatic carboxylic acids is 1. The molecule has 25 heavy (non-hydrogen) atoms. The molecule has 2 rings (SSSR count). The summed E-state index contributed by atoms with van der Waals surface area (Å²) in [6.07, 6.45) is 2.98. The molecular weight excluding hydrogens is 324 g/mol. The van der Waals surface area contributed by atoms with Gasteiger partial charge in [-0.25, -0.2) is 9.59 Å². The lowest BCUT2D eigenvalue weighted by Gasteiger charge is -2.28. The van der Waals surface area contributed by atoms with Gasteiger partial charge in [-0.15, -0.1) is 0 Å². The van der Waals surface area contributed by atoms with E-state index in [1.165, 1.54) is 5.56 Å². The van der Waals surface area contributed by atoms with Crippen LogP contribution in [0.2, 0.25) is 0 Å². The predicted octanol–water partition coefficient (Wildman–Crippen LogP) is 1.00. The zero-order valence-electron chi connectivity index (χ0n) is 14.5. The van der Waals surface area contributed by atoms with Gasteiger partial charge in [0.25, 0.3) is 5.66 Å². The number of rotatable bonds is 9. The number of carbonyl (C=O) groups is 3. The summed E-state index contributed by atoms with van der Waals surface area (Å²) < 4.78 is 4.60. The Bertz CT molecular complexity index is 639. The topological polar surface area (TPSA) is 105 Å². The summed E-state index contributed by atoms with van der Waals surface area (Å²) in [6.45, 7) is 2.06. The Hall–Kier alpha value is -2.41. The second-order valence-electron chi connectivity index (χ2n) is 6.18. The van der Waals surface area contributed by atoms with Gasteiger partial charge in [0.2, 0.25) is 5.91 Å². The van der Waals surface area contributed by atoms with Crippen LogP contribution in [0.25, 0.3) is 0 Å². The summed E-state index contributed by atoms with van der Waals surface area (Å²) in [4.78, 5) is 36.0. The molecule has 0 heterocycles. The summed E-state index contributed by atoms with van der Waals surface area (Å²) in [5, 5.41) is 14.5. The summed E-state index contributed by atoms with van der Waals surface area (Å²) in [6, 6.07) is 7.77. The smallest absolute Gasteiger partial charge is 0.359 e. The number of esters is 1. The third kappa shape index (κ3) is 4.79. The van der Waals surface area contributed by atoms with E-state index < -0.39 is 23.5 Å². The van der Waals surface area contributed by atoms with Crippen LogP contribution in [0.4, 0.5) is 0 Å². The van der Waals surface area contributed by atoms with E-state index in [4.69, 9.17) is 0 Å². The first-order chi connectivity index (χ1) is 11.9. The minimum Gasteiger partial charge on any atom is -0.478 e. The maximum Gasteiger partial charge on any atom is 0.359 e. The van der Waals surface area contributed by atoms with Crippen molar-refractivity contribution in [2.24, 2.45) is 0 Å². The molecule has 1 aromatic carbocycles. The second-order valence-corrected chi connectivity index (χ2v) is 6.18. The zero-order valence-corrected chi connectivity index (χ0v) is 14.5. The average Bonchev–Trinajstić information content (AvgIpc) is 3.42. The van der Waals surface area contributed by atoms with E-state index in [0.29, 0.717) is 6.42 Å². The molecule has 1 saturated carbocycles. The van der Waals surface area contributed by atoms with Gasteiger partial charge in [-0.1, -0.05) is 31.2 Å². The van der Waals surface area contributed by atoms with Crippen LogP contribution in [0.3, 0.4) is 0 Å². The SMILES string of the molecule is CCc1ccc(CCC(=O)NC(NC2CC2)(C(=O)O)C(=O)OC)cc1. The van der Waals surface area contributed by atoms with E-state index in [9.17, 15) is 19.5 Å². The summed E-state index contributed by atoms with van der Waals surface area (Å²) in [5.74, 6) is -3.04. The standard InChI is InChI=1S/C18H24N2O5/c1-3-12-4-6-13(7-5-12)8-11-15(21)20-18(16(22)23,17(24)25-2)19-14-9-10-14/h4-7,14,19H,3,8-11H2,1-2H3,(H,20,21)(H,22,23). The number of benzene rings is 1. The lowest BCUT2D eigenvalue weighted by molar-refractivity contribution is -0.165. The van der Waals surface area contributed by atoms with E-state index in [2.05, 4.69) is 22.3 Å². The summed E-state index contributed by atoms with van der Waals surface area (Å²) >= 11 is 0. The Balaban J connectivity index is 2.02. The molecule has 1 aliphatic carbocycles. The third-order valence-electron chi connectivity index (χ3n) is 4.21. The average molecular weight is 348 g/mol. The molecule has 7 heteroatoms. The minimum absolute atomic E-state index is 0.0733. The first-order valence-electron chi connectivity index (χ1n) is 8.39. The monoisotopic (exact) mass is 348 g/mol. The van der Waals surface area contributed by atoms with E-state index in [-0.39, 0.29) is 12.5 Å². The number of amides is 1. The summed E-state index contributed by atoms with van der Waals surface area (Å²) in [7, 11) is 1.09. The van der Waals surface area contributed by atoms with Crippen molar-refractivity contribution in [1.29, 1.82) is 0 Å². The highest BCUT2D eigenvalue weighted by molar-refractivity contribution is 6.06. The van der Waals surface area contributed by atoms with E-state index in [1.54, 1.807) is 0 Å². The van der Waals surface area contributed by atoms with Crippen LogP contribution < -0.4 is 10.6 Å². The van der Waals surface area contributed by atoms with E-state index >= 15 is 0 Å². The molecule has 0 saturated heterocycles. The van der Waals surface area contributed by atoms with Gasteiger partial charge in [0.05, 0.1) is 7.11 Å². The number of carboxylic acids is 1. The van der Waals surface area contributed by atoms with Crippen LogP contribution in [0, 0.1) is 0 Å². The summed E-state index contributed by atoms with van der Waals surface area (Å²) in [5.41, 5.74) is -0.0575. The molecule has 0 aliphatic heterocycles. The van der Waals surface area contributed by atoms with Gasteiger partial charge < -0.3 is 15.2 Å². The maximum atomic E-state index is 12.3. The Morgan fingerprint density at radius 2 is 1.80 bits per heavy atom. The molecule has 1 aromatic rings. The molecule has 1 unspecified atom stereocenters. The highest BCUT2D eigenvalue weighted by Gasteiger charge is 2.51. The molecule has 1 aliphatic rings. The number of ether oxygens (including phenoxy) is 1. The Morgan fingerprint density at radius 1 is 1.20 bits per heavy atom. The van der Waals surface area contributed by atoms with Gasteiger partial charge in [0.15, 0.2) is 0 Å². The molecule has 0 radical (unpaired) electrons. The third-order valence-corrected chi connectivity index (χ3v) is 4.21. The second kappa shape index (κ2) is 8.11. The largest absolute Gasteiger partial charge is 0.478 e. The molecule has 7 nitrogen and oxygen atoms in total. The van der Waals surface area contributed by atoms with Gasteiger partial charge in [-0.3, -0.25) is 10.1 Å². The number of hydrogen-bond donors (Lipinski definition) is 3. The van der Waals surface area contributed by atoms with Crippen molar-refractivity contribution in [2.45, 2.75) is 50.7 Å². The van der Waals surface area contributed by atoms with Crippen molar-refractivity contribution in [3.8, 4) is 0 Å². The van der Waals surface area contributed by atoms with E-state index in [1.807, 2.05) is 24.3 Å². The number of methoxy groups -OCH3 is 1. The normalized spacial score (nSPS) is 15.9. The highest BCUT2D eigenvalue weighted by atomic mass is 16.5. The lowest BCUT2D eigenvalue weighted by atomic mass is 10.1. The fourth-order valence-corrected chi connectivity index (χ4v) is 2.51. The van der Waals surface area contributed by atoms with Gasteiger partial charge in [0.1, 0.15) is 0 Å². The zero-order chi connectivity index (χ0) is 18.4. The molecule has 0 aromatic heterocycles. The van der Waals surface area contributed by atoms with Crippen molar-refractivity contribution in [1.82, 2.24) is 10.6 Å². The van der Waals surface area contributed by atoms with Crippen molar-refractivity contribution in [2.75, 3.05) is 7.11 Å². The number of hydrogen-bond acceptors (Lipinski definition) is 5. The predicted molar refractivity (Wildman–Crippen MR) is 90.8 cm³/mol. The quantitative estimate of drug-likeness (QED) is 0.349. The molecule has 1 amide bonds. The fourth-order valence-electron chi connectivity index (χ4n) is 2.51. The van der Waals surface area contributed by atoms with Gasteiger partial charge >= 0.3 is 11.9 Å². The van der Waals surface area contributed by atoms with Crippen molar-refractivity contribution >= 4 is 17.8 Å². The highest BCUT2D eigenvalue weighted by Crippen LogP contribution is 2.22. The molecule has 0 bridgehead atoms. The van der Waals surface area contributed by atoms with Crippen LogP contribution in [0.1, 0.15) is 37.3 Å². The first-order valence-corrected chi connectivity index (χ1v) is 8.39. The Kier molecular flexibility index (Phi) is 6.14. The van der Waals surface area contributed by atoms with Crippen molar-refractivity contribution in [3.05, 3.63) is 35.4 Å². The maximum absolute atomic E-state index is 12.3. The van der Waals surface area contributed by atoms with E-state index in [0.717, 1.165) is 31.9 Å². The van der Waals surface area contributed by atoms with Crippen LogP contribution >= 0.6 is 0 Å². The number of nitrogens with one attached hydrogen (secondary N) is 2. The number of carbonyl (C=O) groups excluding carboxylic acids is 2. The molecule has 136 valence electrons. The van der Waals surface area contributed by atoms with Crippen molar-refractivity contribution in [3.63, 3.8) is 0 Å². The van der Waals surface area contributed by atoms with Crippen LogP contribution in [0.5, 0.6) is 0 Å². The molecule has 3 N–H and O–H groups in total. The van der Waals surface area contributed by atoms with Crippen LogP contribution in [0.15, 0.2) is 24.3 Å². The minimum atomic E-state index is -2.24. The fraction of sp³-hybridized carbons (Fsp3) is 0.500. The Labute approximate surface area is 146 Å². The molecular formula is C18H24N2O5.